The lowest BCUT2D eigenvalue weighted by atomic mass is 9.99. The second-order valence-corrected chi connectivity index (χ2v) is 7.80. The molecule has 1 saturated carbocycles. The van der Waals surface area contributed by atoms with Gasteiger partial charge in [-0.2, -0.15) is 0 Å². The largest absolute Gasteiger partial charge is 0.0919 e. The van der Waals surface area contributed by atoms with Crippen molar-refractivity contribution in [2.75, 3.05) is 5.33 Å². The second-order valence-electron chi connectivity index (χ2n) is 3.46. The fourth-order valence-electron chi connectivity index (χ4n) is 1.63. The van der Waals surface area contributed by atoms with Crippen LogP contribution in [0, 0.1) is 0 Å². The summed E-state index contributed by atoms with van der Waals surface area (Å²) in [5, 5.41) is 0.987. The highest BCUT2D eigenvalue weighted by Gasteiger charge is 2.65. The van der Waals surface area contributed by atoms with E-state index in [9.17, 15) is 0 Å². The molecular formula is C10H9Br3. The highest BCUT2D eigenvalue weighted by atomic mass is 79.9. The third kappa shape index (κ3) is 1.53. The normalized spacial score (nSPS) is 30.1. The van der Waals surface area contributed by atoms with E-state index in [2.05, 4.69) is 78.1 Å². The van der Waals surface area contributed by atoms with Gasteiger partial charge in [0.1, 0.15) is 0 Å². The Morgan fingerprint density at radius 1 is 1.15 bits per heavy atom. The maximum Gasteiger partial charge on any atom is 0.0919 e. The van der Waals surface area contributed by atoms with Gasteiger partial charge in [-0.15, -0.1) is 0 Å². The molecule has 1 aromatic rings. The van der Waals surface area contributed by atoms with E-state index < -0.39 is 0 Å². The number of hydrogen-bond donors (Lipinski definition) is 0. The first kappa shape index (κ1) is 10.2. The minimum atomic E-state index is 0.0951. The molecule has 1 fully saturated rings. The van der Waals surface area contributed by atoms with Crippen LogP contribution in [0.1, 0.15) is 12.0 Å². The molecule has 3 heteroatoms. The smallest absolute Gasteiger partial charge is 0.0918 e. The van der Waals surface area contributed by atoms with E-state index in [0.717, 1.165) is 11.8 Å². The van der Waals surface area contributed by atoms with Crippen molar-refractivity contribution in [3.8, 4) is 0 Å². The van der Waals surface area contributed by atoms with Gasteiger partial charge in [0.15, 0.2) is 0 Å². The zero-order valence-corrected chi connectivity index (χ0v) is 11.7. The first-order valence-corrected chi connectivity index (χ1v) is 6.82. The van der Waals surface area contributed by atoms with Crippen LogP contribution in [0.2, 0.25) is 0 Å². The summed E-state index contributed by atoms with van der Waals surface area (Å²) in [6.07, 6.45) is 1.13. The van der Waals surface area contributed by atoms with Crippen LogP contribution < -0.4 is 0 Å². The molecule has 1 atom stereocenters. The summed E-state index contributed by atoms with van der Waals surface area (Å²) in [6, 6.07) is 10.6. The minimum Gasteiger partial charge on any atom is -0.0918 e. The zero-order chi connectivity index (χ0) is 9.53. The topological polar surface area (TPSA) is 0 Å². The van der Waals surface area contributed by atoms with Crippen molar-refractivity contribution in [2.45, 2.75) is 15.1 Å². The molecule has 0 spiro atoms. The highest BCUT2D eigenvalue weighted by molar-refractivity contribution is 9.25. The Balaban J connectivity index is 2.37. The summed E-state index contributed by atoms with van der Waals surface area (Å²) in [5.74, 6) is 0. The van der Waals surface area contributed by atoms with Crippen molar-refractivity contribution < 1.29 is 0 Å². The molecule has 2 rings (SSSR count). The molecule has 0 saturated heterocycles. The van der Waals surface area contributed by atoms with Gasteiger partial charge < -0.3 is 0 Å². The van der Waals surface area contributed by atoms with Crippen molar-refractivity contribution in [3.63, 3.8) is 0 Å². The molecule has 0 amide bonds. The molecule has 1 unspecified atom stereocenters. The van der Waals surface area contributed by atoms with Crippen LogP contribution in [-0.4, -0.2) is 8.56 Å². The first-order valence-electron chi connectivity index (χ1n) is 4.12. The molecule has 1 aromatic carbocycles. The van der Waals surface area contributed by atoms with E-state index in [0.29, 0.717) is 0 Å². The van der Waals surface area contributed by atoms with Crippen molar-refractivity contribution >= 4 is 47.8 Å². The average molecular weight is 369 g/mol. The van der Waals surface area contributed by atoms with Crippen molar-refractivity contribution in [1.82, 2.24) is 0 Å². The summed E-state index contributed by atoms with van der Waals surface area (Å²) in [4.78, 5) is 0. The zero-order valence-electron chi connectivity index (χ0n) is 6.93. The SMILES string of the molecule is BrCC1(c2ccccc2)CC1(Br)Br. The standard InChI is InChI=1S/C10H9Br3/c11-7-9(6-10(9,12)13)8-4-2-1-3-5-8/h1-5H,6-7H2. The summed E-state index contributed by atoms with van der Waals surface area (Å²) in [7, 11) is 0. The fraction of sp³-hybridized carbons (Fsp3) is 0.400. The molecular weight excluding hydrogens is 360 g/mol. The Kier molecular flexibility index (Phi) is 2.63. The molecule has 0 N–H and O–H groups in total. The van der Waals surface area contributed by atoms with Gasteiger partial charge in [0.05, 0.1) is 3.23 Å². The van der Waals surface area contributed by atoms with E-state index in [4.69, 9.17) is 0 Å². The maximum absolute atomic E-state index is 3.69. The van der Waals surface area contributed by atoms with Gasteiger partial charge in [-0.25, -0.2) is 0 Å². The van der Waals surface area contributed by atoms with Crippen LogP contribution >= 0.6 is 47.8 Å². The Hall–Kier alpha value is 0.660. The van der Waals surface area contributed by atoms with Gasteiger partial charge in [-0.3, -0.25) is 0 Å². The predicted octanol–water partition coefficient (Wildman–Crippen LogP) is 4.21. The van der Waals surface area contributed by atoms with Gasteiger partial charge in [0, 0.05) is 10.7 Å². The lowest BCUT2D eigenvalue weighted by Gasteiger charge is -2.15. The molecule has 1 aliphatic carbocycles. The first-order chi connectivity index (χ1) is 6.12. The molecule has 70 valence electrons. The summed E-state index contributed by atoms with van der Waals surface area (Å²) >= 11 is 11.0. The quantitative estimate of drug-likeness (QED) is 0.686. The number of benzene rings is 1. The Morgan fingerprint density at radius 2 is 1.69 bits per heavy atom. The van der Waals surface area contributed by atoms with E-state index >= 15 is 0 Å². The van der Waals surface area contributed by atoms with Crippen molar-refractivity contribution in [1.29, 1.82) is 0 Å². The summed E-state index contributed by atoms with van der Waals surface area (Å²) in [5.41, 5.74) is 1.62. The maximum atomic E-state index is 3.69. The molecule has 0 bridgehead atoms. The highest BCUT2D eigenvalue weighted by Crippen LogP contribution is 2.67. The third-order valence-electron chi connectivity index (χ3n) is 2.65. The fourth-order valence-corrected chi connectivity index (χ4v) is 5.08. The average Bonchev–Trinajstić information content (AvgIpc) is 2.72. The monoisotopic (exact) mass is 366 g/mol. The van der Waals surface area contributed by atoms with Crippen LogP contribution in [-0.2, 0) is 5.41 Å². The van der Waals surface area contributed by atoms with E-state index in [1.165, 1.54) is 5.56 Å². The third-order valence-corrected chi connectivity index (χ3v) is 5.69. The molecule has 0 heterocycles. The molecule has 13 heavy (non-hydrogen) atoms. The lowest BCUT2D eigenvalue weighted by Crippen LogP contribution is -2.15. The van der Waals surface area contributed by atoms with Gasteiger partial charge >= 0.3 is 0 Å². The van der Waals surface area contributed by atoms with Crippen molar-refractivity contribution in [2.24, 2.45) is 0 Å². The lowest BCUT2D eigenvalue weighted by molar-refractivity contribution is 0.808. The molecule has 0 aliphatic heterocycles. The predicted molar refractivity (Wildman–Crippen MR) is 67.1 cm³/mol. The summed E-state index contributed by atoms with van der Waals surface area (Å²) in [6.45, 7) is 0. The number of halogens is 3. The van der Waals surface area contributed by atoms with Crippen LogP contribution in [0.15, 0.2) is 30.3 Å². The number of rotatable bonds is 2. The van der Waals surface area contributed by atoms with Crippen LogP contribution in [0.4, 0.5) is 0 Å². The minimum absolute atomic E-state index is 0.0951. The van der Waals surface area contributed by atoms with Gasteiger partial charge in [-0.05, 0) is 12.0 Å². The number of hydrogen-bond acceptors (Lipinski definition) is 0. The second kappa shape index (κ2) is 3.35. The molecule has 0 radical (unpaired) electrons. The summed E-state index contributed by atoms with van der Waals surface area (Å²) < 4.78 is 0.0951. The van der Waals surface area contributed by atoms with Gasteiger partial charge in [0.25, 0.3) is 0 Å². The molecule has 1 aliphatic rings. The van der Waals surface area contributed by atoms with Crippen LogP contribution in [0.5, 0.6) is 0 Å². The van der Waals surface area contributed by atoms with Gasteiger partial charge in [0.2, 0.25) is 0 Å². The van der Waals surface area contributed by atoms with E-state index in [1.54, 1.807) is 0 Å². The van der Waals surface area contributed by atoms with Crippen LogP contribution in [0.25, 0.3) is 0 Å². The van der Waals surface area contributed by atoms with E-state index in [1.807, 2.05) is 0 Å². The Bertz CT molecular complexity index is 307. The molecule has 0 nitrogen and oxygen atoms in total. The Morgan fingerprint density at radius 3 is 2.08 bits per heavy atom. The Labute approximate surface area is 103 Å². The van der Waals surface area contributed by atoms with Crippen LogP contribution in [0.3, 0.4) is 0 Å². The van der Waals surface area contributed by atoms with E-state index in [-0.39, 0.29) is 8.65 Å². The molecule has 0 aromatic heterocycles. The van der Waals surface area contributed by atoms with Crippen molar-refractivity contribution in [3.05, 3.63) is 35.9 Å². The van der Waals surface area contributed by atoms with Gasteiger partial charge in [-0.1, -0.05) is 78.1 Å². The number of alkyl halides is 3.